The summed E-state index contributed by atoms with van der Waals surface area (Å²) in [6.45, 7) is 4.09. The monoisotopic (exact) mass is 543 g/mol. The highest BCUT2D eigenvalue weighted by Crippen LogP contribution is 2.45. The number of fused-ring (bicyclic) bond motifs is 5. The Morgan fingerprint density at radius 2 is 2.09 bits per heavy atom. The van der Waals surface area contributed by atoms with E-state index in [0.29, 0.717) is 29.1 Å². The molecule has 6 rings (SSSR count). The second-order valence-electron chi connectivity index (χ2n) is 8.96. The zero-order valence-electron chi connectivity index (χ0n) is 17.8. The van der Waals surface area contributed by atoms with Gasteiger partial charge in [0.25, 0.3) is 5.56 Å². The fourth-order valence-corrected chi connectivity index (χ4v) is 6.21. The van der Waals surface area contributed by atoms with Crippen molar-refractivity contribution in [2.24, 2.45) is 5.73 Å². The average molecular weight is 543 g/mol. The Morgan fingerprint density at radius 1 is 1.31 bits per heavy atom. The third-order valence-corrected chi connectivity index (χ3v) is 8.54. The molecule has 0 fully saturated rings. The van der Waals surface area contributed by atoms with Gasteiger partial charge in [0, 0.05) is 26.1 Å². The quantitative estimate of drug-likeness (QED) is 0.283. The van der Waals surface area contributed by atoms with Gasteiger partial charge < -0.3 is 20.1 Å². The maximum absolute atomic E-state index is 13.4. The van der Waals surface area contributed by atoms with Gasteiger partial charge in [0.05, 0.1) is 29.0 Å². The number of hydrogen-bond donors (Lipinski definition) is 2. The Kier molecular flexibility index (Phi) is 4.20. The van der Waals surface area contributed by atoms with Gasteiger partial charge in [-0.1, -0.05) is 6.92 Å². The molecule has 3 aliphatic rings. The zero-order valence-corrected chi connectivity index (χ0v) is 19.9. The van der Waals surface area contributed by atoms with E-state index in [2.05, 4.69) is 35.6 Å². The van der Waals surface area contributed by atoms with E-state index in [1.165, 1.54) is 11.1 Å². The predicted octanol–water partition coefficient (Wildman–Crippen LogP) is 2.94. The number of benzene rings is 1. The number of halogens is 1. The maximum atomic E-state index is 13.4. The van der Waals surface area contributed by atoms with Crippen LogP contribution in [0.5, 0.6) is 0 Å². The summed E-state index contributed by atoms with van der Waals surface area (Å²) in [4.78, 5) is 30.8. The lowest BCUT2D eigenvalue weighted by molar-refractivity contribution is -0.172. The molecule has 2 aromatic heterocycles. The standard InChI is InChI=1S/C24H22IN3O4/c1-3-24(31)14-6-18-21-12(8-28(18)22(29)13(14)9-32-23(24)30)19-16(26)5-4-11-10(2)15(25)7-17(27-21)20(11)19/h6-7,16,31H,3-5,8-9,26H2,1-2H3. The Morgan fingerprint density at radius 3 is 2.84 bits per heavy atom. The fraction of sp³-hybridized carbons (Fsp3) is 0.375. The number of carbonyl (C=O) groups excluding carboxylic acids is 1. The molecule has 0 saturated carbocycles. The number of aliphatic hydroxyl groups is 1. The average Bonchev–Trinajstić information content (AvgIpc) is 3.14. The lowest BCUT2D eigenvalue weighted by Crippen LogP contribution is -2.44. The topological polar surface area (TPSA) is 107 Å². The van der Waals surface area contributed by atoms with Crippen LogP contribution in [-0.4, -0.2) is 20.6 Å². The van der Waals surface area contributed by atoms with Crippen molar-refractivity contribution in [3.8, 4) is 11.4 Å². The van der Waals surface area contributed by atoms with Gasteiger partial charge in [0.15, 0.2) is 5.60 Å². The molecule has 32 heavy (non-hydrogen) atoms. The van der Waals surface area contributed by atoms with Crippen LogP contribution in [-0.2, 0) is 34.7 Å². The highest BCUT2D eigenvalue weighted by Gasteiger charge is 2.45. The lowest BCUT2D eigenvalue weighted by atomic mass is 9.82. The van der Waals surface area contributed by atoms with Crippen LogP contribution in [0.15, 0.2) is 16.9 Å². The van der Waals surface area contributed by atoms with E-state index in [-0.39, 0.29) is 24.6 Å². The van der Waals surface area contributed by atoms with Gasteiger partial charge in [-0.15, -0.1) is 0 Å². The zero-order chi connectivity index (χ0) is 22.5. The summed E-state index contributed by atoms with van der Waals surface area (Å²) in [5, 5.41) is 12.2. The lowest BCUT2D eigenvalue weighted by Gasteiger charge is -2.31. The number of ether oxygens (including phenoxy) is 1. The number of rotatable bonds is 1. The number of aromatic nitrogens is 2. The van der Waals surface area contributed by atoms with E-state index in [0.717, 1.165) is 38.4 Å². The molecular weight excluding hydrogens is 521 g/mol. The number of aryl methyl sites for hydroxylation is 1. The van der Waals surface area contributed by atoms with E-state index < -0.39 is 11.6 Å². The van der Waals surface area contributed by atoms with E-state index in [9.17, 15) is 14.7 Å². The largest absolute Gasteiger partial charge is 0.458 e. The van der Waals surface area contributed by atoms with Crippen LogP contribution < -0.4 is 11.3 Å². The smallest absolute Gasteiger partial charge is 0.343 e. The molecule has 0 radical (unpaired) electrons. The van der Waals surface area contributed by atoms with Crippen molar-refractivity contribution in [2.75, 3.05) is 0 Å². The Balaban J connectivity index is 1.70. The molecule has 0 bridgehead atoms. The minimum atomic E-state index is -1.83. The van der Waals surface area contributed by atoms with Gasteiger partial charge in [-0.05, 0) is 77.6 Å². The third-order valence-electron chi connectivity index (χ3n) is 7.42. The van der Waals surface area contributed by atoms with Crippen LogP contribution in [0.4, 0.5) is 0 Å². The number of hydrogen-bond acceptors (Lipinski definition) is 6. The molecule has 2 atom stereocenters. The SMILES string of the molecule is CCC1(O)C(=O)OCc2c1cc1n(c2=O)Cc2c-1nc1cc(I)c(C)c3c1c2C(N)CC3. The van der Waals surface area contributed by atoms with Crippen LogP contribution in [0.25, 0.3) is 22.3 Å². The van der Waals surface area contributed by atoms with Crippen LogP contribution in [0.1, 0.15) is 59.2 Å². The first-order valence-electron chi connectivity index (χ1n) is 10.8. The summed E-state index contributed by atoms with van der Waals surface area (Å²) in [7, 11) is 0. The van der Waals surface area contributed by atoms with Crippen molar-refractivity contribution < 1.29 is 14.6 Å². The molecule has 4 heterocycles. The van der Waals surface area contributed by atoms with Crippen molar-refractivity contribution in [2.45, 2.75) is 57.9 Å². The molecule has 7 nitrogen and oxygen atoms in total. The third kappa shape index (κ3) is 2.40. The molecule has 8 heteroatoms. The van der Waals surface area contributed by atoms with Crippen molar-refractivity contribution in [1.82, 2.24) is 9.55 Å². The van der Waals surface area contributed by atoms with Crippen LogP contribution >= 0.6 is 22.6 Å². The molecule has 3 aromatic rings. The summed E-state index contributed by atoms with van der Waals surface area (Å²) in [6, 6.07) is 3.71. The summed E-state index contributed by atoms with van der Waals surface area (Å²) in [6.07, 6.45) is 1.88. The molecule has 0 saturated heterocycles. The predicted molar refractivity (Wildman–Crippen MR) is 127 cm³/mol. The van der Waals surface area contributed by atoms with Crippen molar-refractivity contribution >= 4 is 39.5 Å². The molecule has 3 N–H and O–H groups in total. The van der Waals surface area contributed by atoms with Crippen molar-refractivity contribution in [1.29, 1.82) is 0 Å². The summed E-state index contributed by atoms with van der Waals surface area (Å²) < 4.78 is 8.00. The molecule has 2 aliphatic heterocycles. The number of nitrogens with two attached hydrogens (primary N) is 1. The highest BCUT2D eigenvalue weighted by molar-refractivity contribution is 14.1. The number of cyclic esters (lactones) is 1. The number of esters is 1. The minimum Gasteiger partial charge on any atom is -0.458 e. The van der Waals surface area contributed by atoms with Gasteiger partial charge in [-0.3, -0.25) is 4.79 Å². The molecular formula is C24H22IN3O4. The highest BCUT2D eigenvalue weighted by atomic mass is 127. The van der Waals surface area contributed by atoms with Gasteiger partial charge in [0.2, 0.25) is 0 Å². The Hall–Kier alpha value is -2.30. The minimum absolute atomic E-state index is 0.122. The fourth-order valence-electron chi connectivity index (χ4n) is 5.59. The van der Waals surface area contributed by atoms with Crippen molar-refractivity contribution in [3.63, 3.8) is 0 Å². The normalized spacial score (nSPS) is 23.0. The van der Waals surface area contributed by atoms with Crippen LogP contribution in [0, 0.1) is 10.5 Å². The van der Waals surface area contributed by atoms with Gasteiger partial charge >= 0.3 is 5.97 Å². The van der Waals surface area contributed by atoms with E-state index in [1.54, 1.807) is 17.6 Å². The van der Waals surface area contributed by atoms with E-state index in [1.807, 2.05) is 0 Å². The number of carbonyl (C=O) groups is 1. The maximum Gasteiger partial charge on any atom is 0.343 e. The van der Waals surface area contributed by atoms with Gasteiger partial charge in [-0.2, -0.15) is 0 Å². The van der Waals surface area contributed by atoms with E-state index >= 15 is 0 Å². The summed E-state index contributed by atoms with van der Waals surface area (Å²) >= 11 is 2.34. The molecule has 1 aliphatic carbocycles. The first-order chi connectivity index (χ1) is 15.3. The van der Waals surface area contributed by atoms with Crippen LogP contribution in [0.3, 0.4) is 0 Å². The second kappa shape index (κ2) is 6.61. The number of pyridine rings is 2. The Bertz CT molecular complexity index is 1440. The summed E-state index contributed by atoms with van der Waals surface area (Å²) in [5.41, 5.74) is 12.0. The molecule has 0 spiro atoms. The second-order valence-corrected chi connectivity index (χ2v) is 10.1. The number of nitrogens with zero attached hydrogens (tertiary/aromatic N) is 2. The van der Waals surface area contributed by atoms with Gasteiger partial charge in [-0.25, -0.2) is 9.78 Å². The molecule has 2 unspecified atom stereocenters. The van der Waals surface area contributed by atoms with E-state index in [4.69, 9.17) is 15.5 Å². The first kappa shape index (κ1) is 20.3. The molecule has 1 aromatic carbocycles. The van der Waals surface area contributed by atoms with Gasteiger partial charge in [0.1, 0.15) is 6.61 Å². The summed E-state index contributed by atoms with van der Waals surface area (Å²) in [5.74, 6) is -0.715. The molecule has 164 valence electrons. The Labute approximate surface area is 197 Å². The molecule has 0 amide bonds. The first-order valence-corrected chi connectivity index (χ1v) is 11.9. The van der Waals surface area contributed by atoms with Crippen molar-refractivity contribution in [3.05, 3.63) is 59.4 Å². The van der Waals surface area contributed by atoms with Crippen LogP contribution in [0.2, 0.25) is 0 Å².